The molecule has 0 saturated carbocycles. The Balaban J connectivity index is 2.41. The van der Waals surface area contributed by atoms with Crippen molar-refractivity contribution in [3.63, 3.8) is 0 Å². The van der Waals surface area contributed by atoms with E-state index in [-0.39, 0.29) is 5.91 Å². The Hall–Kier alpha value is -1.88. The topological polar surface area (TPSA) is 45.2 Å². The second-order valence-electron chi connectivity index (χ2n) is 4.45. The van der Waals surface area contributed by atoms with Crippen molar-refractivity contribution >= 4 is 33.3 Å². The van der Waals surface area contributed by atoms with Gasteiger partial charge in [-0.15, -0.1) is 0 Å². The number of nitrogens with one attached hydrogen (secondary N) is 1. The molecule has 0 atom stereocenters. The summed E-state index contributed by atoms with van der Waals surface area (Å²) in [5, 5.41) is 2.95. The van der Waals surface area contributed by atoms with Crippen molar-refractivity contribution in [2.45, 2.75) is 6.92 Å². The van der Waals surface area contributed by atoms with Gasteiger partial charge in [-0.2, -0.15) is 0 Å². The lowest BCUT2D eigenvalue weighted by Gasteiger charge is -2.20. The van der Waals surface area contributed by atoms with Crippen molar-refractivity contribution in [3.05, 3.63) is 52.1 Å². The third-order valence-corrected chi connectivity index (χ3v) is 3.54. The Morgan fingerprint density at radius 3 is 2.70 bits per heavy atom. The fourth-order valence-electron chi connectivity index (χ4n) is 2.03. The average molecular weight is 334 g/mol. The van der Waals surface area contributed by atoms with Gasteiger partial charge >= 0.3 is 0 Å². The van der Waals surface area contributed by atoms with E-state index >= 15 is 0 Å². The monoisotopic (exact) mass is 333 g/mol. The number of hydrogen-bond acceptors (Lipinski definition) is 3. The summed E-state index contributed by atoms with van der Waals surface area (Å²) in [5.41, 5.74) is 2.48. The molecule has 20 heavy (non-hydrogen) atoms. The zero-order valence-electron chi connectivity index (χ0n) is 11.6. The number of halogens is 1. The van der Waals surface area contributed by atoms with E-state index in [1.54, 1.807) is 31.3 Å². The Morgan fingerprint density at radius 1 is 1.35 bits per heavy atom. The maximum Gasteiger partial charge on any atom is 0.261 e. The molecule has 104 valence electrons. The molecule has 1 heterocycles. The molecular weight excluding hydrogens is 318 g/mol. The van der Waals surface area contributed by atoms with Gasteiger partial charge in [0.05, 0.1) is 5.56 Å². The van der Waals surface area contributed by atoms with Crippen molar-refractivity contribution < 1.29 is 4.79 Å². The SMILES string of the molecule is CNc1ncc(Br)cc1C(=O)N(C)c1ccccc1C. The lowest BCUT2D eigenvalue weighted by Crippen LogP contribution is -2.27. The molecule has 0 aliphatic rings. The van der Waals surface area contributed by atoms with Crippen molar-refractivity contribution in [2.24, 2.45) is 0 Å². The summed E-state index contributed by atoms with van der Waals surface area (Å²) in [4.78, 5) is 18.5. The van der Waals surface area contributed by atoms with Crippen LogP contribution in [0.25, 0.3) is 0 Å². The van der Waals surface area contributed by atoms with Crippen molar-refractivity contribution in [2.75, 3.05) is 24.3 Å². The second kappa shape index (κ2) is 6.05. The van der Waals surface area contributed by atoms with Crippen LogP contribution < -0.4 is 10.2 Å². The standard InChI is InChI=1S/C15H16BrN3O/c1-10-6-4-5-7-13(10)19(3)15(20)12-8-11(16)9-18-14(12)17-2/h4-9H,1-3H3,(H,17,18). The highest BCUT2D eigenvalue weighted by Crippen LogP contribution is 2.24. The minimum Gasteiger partial charge on any atom is -0.372 e. The number of carbonyl (C=O) groups excluding carboxylic acids is 1. The molecule has 0 aliphatic heterocycles. The number of carbonyl (C=O) groups is 1. The molecule has 0 bridgehead atoms. The fraction of sp³-hybridized carbons (Fsp3) is 0.200. The Kier molecular flexibility index (Phi) is 4.39. The molecule has 2 aromatic rings. The van der Waals surface area contributed by atoms with Gasteiger partial charge in [-0.25, -0.2) is 4.98 Å². The summed E-state index contributed by atoms with van der Waals surface area (Å²) >= 11 is 3.35. The Morgan fingerprint density at radius 2 is 2.05 bits per heavy atom. The minimum absolute atomic E-state index is 0.0996. The summed E-state index contributed by atoms with van der Waals surface area (Å²) in [6.07, 6.45) is 1.66. The quantitative estimate of drug-likeness (QED) is 0.935. The summed E-state index contributed by atoms with van der Waals surface area (Å²) in [5.74, 6) is 0.469. The van der Waals surface area contributed by atoms with Crippen LogP contribution in [0.3, 0.4) is 0 Å². The maximum atomic E-state index is 12.7. The summed E-state index contributed by atoms with van der Waals surface area (Å²) in [7, 11) is 3.52. The zero-order chi connectivity index (χ0) is 14.7. The van der Waals surface area contributed by atoms with Crippen LogP contribution >= 0.6 is 15.9 Å². The van der Waals surface area contributed by atoms with Gasteiger partial charge in [0.25, 0.3) is 5.91 Å². The molecule has 2 rings (SSSR count). The molecule has 0 saturated heterocycles. The van der Waals surface area contributed by atoms with Gasteiger partial charge in [-0.1, -0.05) is 18.2 Å². The van der Waals surface area contributed by atoms with Gasteiger partial charge in [0, 0.05) is 30.5 Å². The number of nitrogens with zero attached hydrogens (tertiary/aromatic N) is 2. The second-order valence-corrected chi connectivity index (χ2v) is 5.37. The largest absolute Gasteiger partial charge is 0.372 e. The van der Waals surface area contributed by atoms with E-state index in [1.807, 2.05) is 31.2 Å². The van der Waals surface area contributed by atoms with Crippen LogP contribution in [0.1, 0.15) is 15.9 Å². The van der Waals surface area contributed by atoms with E-state index < -0.39 is 0 Å². The molecule has 0 spiro atoms. The number of hydrogen-bond donors (Lipinski definition) is 1. The third kappa shape index (κ3) is 2.82. The first-order valence-corrected chi connectivity index (χ1v) is 7.01. The number of para-hydroxylation sites is 1. The number of benzene rings is 1. The minimum atomic E-state index is -0.0996. The first kappa shape index (κ1) is 14.5. The highest BCUT2D eigenvalue weighted by Gasteiger charge is 2.19. The maximum absolute atomic E-state index is 12.7. The molecule has 4 nitrogen and oxygen atoms in total. The summed E-state index contributed by atoms with van der Waals surface area (Å²) < 4.78 is 0.776. The van der Waals surface area contributed by atoms with Gasteiger partial charge < -0.3 is 10.2 Å². The fourth-order valence-corrected chi connectivity index (χ4v) is 2.36. The van der Waals surface area contributed by atoms with Crippen LogP contribution in [0.2, 0.25) is 0 Å². The van der Waals surface area contributed by atoms with Crippen LogP contribution in [-0.4, -0.2) is 25.0 Å². The van der Waals surface area contributed by atoms with Crippen molar-refractivity contribution in [3.8, 4) is 0 Å². The van der Waals surface area contributed by atoms with E-state index in [1.165, 1.54) is 0 Å². The number of pyridine rings is 1. The molecule has 1 aromatic carbocycles. The molecule has 0 unspecified atom stereocenters. The van der Waals surface area contributed by atoms with Gasteiger partial charge in [0.2, 0.25) is 0 Å². The molecule has 1 N–H and O–H groups in total. The normalized spacial score (nSPS) is 10.2. The van der Waals surface area contributed by atoms with Crippen LogP contribution in [0, 0.1) is 6.92 Å². The van der Waals surface area contributed by atoms with Crippen molar-refractivity contribution in [1.82, 2.24) is 4.98 Å². The van der Waals surface area contributed by atoms with E-state index in [4.69, 9.17) is 0 Å². The van der Waals surface area contributed by atoms with Gasteiger partial charge in [0.15, 0.2) is 0 Å². The molecule has 0 fully saturated rings. The zero-order valence-corrected chi connectivity index (χ0v) is 13.2. The average Bonchev–Trinajstić information content (AvgIpc) is 2.46. The van der Waals surface area contributed by atoms with E-state index in [9.17, 15) is 4.79 Å². The highest BCUT2D eigenvalue weighted by atomic mass is 79.9. The van der Waals surface area contributed by atoms with Crippen LogP contribution in [0.4, 0.5) is 11.5 Å². The van der Waals surface area contributed by atoms with Crippen LogP contribution in [0.5, 0.6) is 0 Å². The van der Waals surface area contributed by atoms with Crippen LogP contribution in [0.15, 0.2) is 41.0 Å². The summed E-state index contributed by atoms with van der Waals surface area (Å²) in [6, 6.07) is 9.56. The lowest BCUT2D eigenvalue weighted by molar-refractivity contribution is 0.0993. The van der Waals surface area contributed by atoms with E-state index in [0.29, 0.717) is 11.4 Å². The molecule has 1 aromatic heterocycles. The summed E-state index contributed by atoms with van der Waals surface area (Å²) in [6.45, 7) is 1.98. The Bertz CT molecular complexity index is 643. The number of amides is 1. The predicted molar refractivity (Wildman–Crippen MR) is 85.4 cm³/mol. The van der Waals surface area contributed by atoms with Gasteiger partial charge in [0.1, 0.15) is 5.82 Å². The smallest absolute Gasteiger partial charge is 0.261 e. The number of aromatic nitrogens is 1. The molecular formula is C15H16BrN3O. The van der Waals surface area contributed by atoms with Crippen LogP contribution in [-0.2, 0) is 0 Å². The molecule has 0 radical (unpaired) electrons. The van der Waals surface area contributed by atoms with E-state index in [0.717, 1.165) is 15.7 Å². The highest BCUT2D eigenvalue weighted by molar-refractivity contribution is 9.10. The number of rotatable bonds is 3. The third-order valence-electron chi connectivity index (χ3n) is 3.10. The predicted octanol–water partition coefficient (Wildman–Crippen LogP) is 3.47. The molecule has 1 amide bonds. The first-order valence-electron chi connectivity index (χ1n) is 6.21. The van der Waals surface area contributed by atoms with Crippen molar-refractivity contribution in [1.29, 1.82) is 0 Å². The number of aryl methyl sites for hydroxylation is 1. The molecule has 5 heteroatoms. The van der Waals surface area contributed by atoms with Gasteiger partial charge in [-0.3, -0.25) is 4.79 Å². The molecule has 0 aliphatic carbocycles. The van der Waals surface area contributed by atoms with E-state index in [2.05, 4.69) is 26.2 Å². The first-order chi connectivity index (χ1) is 9.54. The number of anilines is 2. The van der Waals surface area contributed by atoms with Gasteiger partial charge in [-0.05, 0) is 40.5 Å². The Labute approximate surface area is 127 Å². The lowest BCUT2D eigenvalue weighted by atomic mass is 10.1.